The molecule has 1 atom stereocenters. The first kappa shape index (κ1) is 26.4. The molecule has 7 rings (SSSR count). The standard InChI is InChI=1S/C35H34N4O3/c1-18-7-9-19(10-8-18)23-12-20-11-22-16-34(2,3)27(37-22)14-21-13-24-31(38-21)29(30(32(24)40)33(41)42-6)26-17-35(4,5)28(39-26)15-25(23)36-20/h7-15,30,36,38H,16-17H2,1-6H3. The number of aromatic amines is 2. The molecule has 42 heavy (non-hydrogen) atoms. The van der Waals surface area contributed by atoms with Crippen LogP contribution in [0.3, 0.4) is 0 Å². The Kier molecular flexibility index (Phi) is 5.65. The number of nitrogens with one attached hydrogen (secondary N) is 2. The Morgan fingerprint density at radius 1 is 0.857 bits per heavy atom. The van der Waals surface area contributed by atoms with Gasteiger partial charge in [-0.1, -0.05) is 57.5 Å². The van der Waals surface area contributed by atoms with Crippen LogP contribution in [0.4, 0.5) is 0 Å². The van der Waals surface area contributed by atoms with Crippen molar-refractivity contribution in [3.8, 4) is 11.1 Å². The van der Waals surface area contributed by atoms with Crippen molar-refractivity contribution in [2.24, 2.45) is 0 Å². The van der Waals surface area contributed by atoms with Crippen molar-refractivity contribution in [1.82, 2.24) is 19.9 Å². The summed E-state index contributed by atoms with van der Waals surface area (Å²) in [6.07, 6.45) is 1.37. The average Bonchev–Trinajstić information content (AvgIpc) is 3.70. The van der Waals surface area contributed by atoms with Crippen LogP contribution in [0.2, 0.25) is 0 Å². The summed E-state index contributed by atoms with van der Waals surface area (Å²) in [5, 5.41) is 0. The SMILES string of the molecule is COC(=O)C1C(=O)c2cc3cc4nc(cc5cc(-c6ccc(C)cc6)c(cc6nc(c1c2[nH]3)CC6(C)C)[nH]5)CC4(C)C. The zero-order chi connectivity index (χ0) is 29.6. The number of carbonyl (C=O) groups is 2. The summed E-state index contributed by atoms with van der Waals surface area (Å²) in [5.74, 6) is -1.86. The van der Waals surface area contributed by atoms with E-state index < -0.39 is 11.9 Å². The third kappa shape index (κ3) is 4.10. The molecule has 5 heterocycles. The minimum absolute atomic E-state index is 0.190. The fourth-order valence-electron chi connectivity index (χ4n) is 6.59. The maximum atomic E-state index is 13.7. The number of benzene rings is 1. The molecule has 3 aromatic heterocycles. The molecule has 7 nitrogen and oxygen atoms in total. The van der Waals surface area contributed by atoms with E-state index in [1.807, 2.05) is 12.1 Å². The molecule has 0 saturated carbocycles. The van der Waals surface area contributed by atoms with Gasteiger partial charge in [0.15, 0.2) is 5.78 Å². The lowest BCUT2D eigenvalue weighted by Crippen LogP contribution is -2.21. The first-order valence-electron chi connectivity index (χ1n) is 14.4. The number of nitrogens with zero attached hydrogens (tertiary/aromatic N) is 2. The van der Waals surface area contributed by atoms with Crippen LogP contribution in [0.15, 0.2) is 54.6 Å². The molecule has 7 heteroatoms. The molecule has 1 aromatic carbocycles. The van der Waals surface area contributed by atoms with Crippen molar-refractivity contribution in [3.05, 3.63) is 94.1 Å². The van der Waals surface area contributed by atoms with Gasteiger partial charge in [0.2, 0.25) is 0 Å². The number of ether oxygens (including phenoxy) is 1. The first-order valence-corrected chi connectivity index (χ1v) is 14.4. The lowest BCUT2D eigenvalue weighted by Gasteiger charge is -2.17. The van der Waals surface area contributed by atoms with Crippen molar-refractivity contribution in [3.63, 3.8) is 0 Å². The van der Waals surface area contributed by atoms with E-state index in [9.17, 15) is 9.59 Å². The molecule has 0 radical (unpaired) electrons. The largest absolute Gasteiger partial charge is 0.468 e. The predicted octanol–water partition coefficient (Wildman–Crippen LogP) is 6.78. The number of H-pyrrole nitrogens is 2. The quantitative estimate of drug-likeness (QED) is 0.209. The van der Waals surface area contributed by atoms with Gasteiger partial charge < -0.3 is 14.7 Å². The van der Waals surface area contributed by atoms with E-state index in [4.69, 9.17) is 14.7 Å². The van der Waals surface area contributed by atoms with Crippen LogP contribution in [0.5, 0.6) is 0 Å². The molecule has 2 aliphatic heterocycles. The number of Topliss-reactive ketones (excluding diaryl/α,β-unsaturated/α-hetero) is 1. The lowest BCUT2D eigenvalue weighted by molar-refractivity contribution is -0.141. The molecule has 8 bridgehead atoms. The van der Waals surface area contributed by atoms with Gasteiger partial charge in [-0.2, -0.15) is 0 Å². The van der Waals surface area contributed by atoms with E-state index in [0.717, 1.165) is 56.9 Å². The Bertz CT molecular complexity index is 1980. The summed E-state index contributed by atoms with van der Waals surface area (Å²) >= 11 is 0. The van der Waals surface area contributed by atoms with Gasteiger partial charge in [-0.15, -0.1) is 0 Å². The summed E-state index contributed by atoms with van der Waals surface area (Å²) in [6.45, 7) is 10.8. The van der Waals surface area contributed by atoms with E-state index in [-0.39, 0.29) is 16.6 Å². The number of carbonyl (C=O) groups excluding carboxylic acids is 2. The van der Waals surface area contributed by atoms with E-state index in [0.29, 0.717) is 23.1 Å². The second-order valence-electron chi connectivity index (χ2n) is 13.2. The van der Waals surface area contributed by atoms with Crippen LogP contribution in [0, 0.1) is 6.92 Å². The number of hydrogen-bond donors (Lipinski definition) is 2. The summed E-state index contributed by atoms with van der Waals surface area (Å²) in [4.78, 5) is 43.9. The van der Waals surface area contributed by atoms with E-state index in [1.165, 1.54) is 12.7 Å². The topological polar surface area (TPSA) is 101 Å². The Labute approximate surface area is 244 Å². The lowest BCUT2D eigenvalue weighted by atomic mass is 9.85. The van der Waals surface area contributed by atoms with Gasteiger partial charge in [0.05, 0.1) is 12.6 Å². The fraction of sp³-hybridized carbons (Fsp3) is 0.314. The van der Waals surface area contributed by atoms with Gasteiger partial charge >= 0.3 is 5.97 Å². The minimum Gasteiger partial charge on any atom is -0.468 e. The van der Waals surface area contributed by atoms with E-state index in [2.05, 4.69) is 87.1 Å². The molecular formula is C35H34N4O3. The van der Waals surface area contributed by atoms with E-state index >= 15 is 0 Å². The minimum atomic E-state index is -1.03. The Morgan fingerprint density at radius 3 is 2.26 bits per heavy atom. The van der Waals surface area contributed by atoms with Gasteiger partial charge in [-0.25, -0.2) is 0 Å². The molecule has 0 fully saturated rings. The van der Waals surface area contributed by atoms with Crippen LogP contribution in [0.1, 0.15) is 77.9 Å². The predicted molar refractivity (Wildman–Crippen MR) is 164 cm³/mol. The highest BCUT2D eigenvalue weighted by Gasteiger charge is 2.43. The first-order chi connectivity index (χ1) is 19.9. The van der Waals surface area contributed by atoms with Crippen LogP contribution in [-0.4, -0.2) is 38.8 Å². The van der Waals surface area contributed by atoms with Crippen molar-refractivity contribution in [1.29, 1.82) is 0 Å². The van der Waals surface area contributed by atoms with Crippen molar-refractivity contribution < 1.29 is 14.3 Å². The van der Waals surface area contributed by atoms with Gasteiger partial charge in [-0.3, -0.25) is 19.6 Å². The molecule has 0 saturated heterocycles. The van der Waals surface area contributed by atoms with Crippen molar-refractivity contribution in [2.75, 3.05) is 7.11 Å². The van der Waals surface area contributed by atoms with Crippen LogP contribution < -0.4 is 0 Å². The summed E-state index contributed by atoms with van der Waals surface area (Å²) in [7, 11) is 1.32. The highest BCUT2D eigenvalue weighted by atomic mass is 16.5. The number of methoxy groups -OCH3 is 1. The third-order valence-electron chi connectivity index (χ3n) is 8.94. The van der Waals surface area contributed by atoms with Gasteiger partial charge in [-0.05, 0) is 42.8 Å². The second-order valence-corrected chi connectivity index (χ2v) is 13.2. The molecule has 1 aliphatic carbocycles. The Hall–Kier alpha value is -4.52. The number of rotatable bonds is 2. The highest BCUT2D eigenvalue weighted by molar-refractivity contribution is 6.22. The highest BCUT2D eigenvalue weighted by Crippen LogP contribution is 2.42. The molecule has 212 valence electrons. The summed E-state index contributed by atoms with van der Waals surface area (Å²) < 4.78 is 5.11. The van der Waals surface area contributed by atoms with Crippen molar-refractivity contribution >= 4 is 33.8 Å². The molecule has 3 aliphatic rings. The molecule has 1 unspecified atom stereocenters. The van der Waals surface area contributed by atoms with E-state index in [1.54, 1.807) is 0 Å². The number of aryl methyl sites for hydroxylation is 1. The maximum Gasteiger partial charge on any atom is 0.321 e. The smallest absolute Gasteiger partial charge is 0.321 e. The zero-order valence-corrected chi connectivity index (χ0v) is 24.8. The zero-order valence-electron chi connectivity index (χ0n) is 24.8. The molecular weight excluding hydrogens is 524 g/mol. The number of esters is 1. The third-order valence-corrected chi connectivity index (χ3v) is 8.94. The molecule has 0 spiro atoms. The monoisotopic (exact) mass is 558 g/mol. The fourth-order valence-corrected chi connectivity index (χ4v) is 6.59. The second kappa shape index (κ2) is 8.99. The molecule has 2 N–H and O–H groups in total. The normalized spacial score (nSPS) is 18.3. The summed E-state index contributed by atoms with van der Waals surface area (Å²) in [6, 6.07) is 18.8. The maximum absolute atomic E-state index is 13.7. The van der Waals surface area contributed by atoms with Crippen molar-refractivity contribution in [2.45, 2.75) is 64.2 Å². The number of aromatic nitrogens is 4. The van der Waals surface area contributed by atoms with Gasteiger partial charge in [0.1, 0.15) is 5.92 Å². The van der Waals surface area contributed by atoms with Crippen LogP contribution in [-0.2, 0) is 33.2 Å². The number of ketones is 1. The summed E-state index contributed by atoms with van der Waals surface area (Å²) in [5.41, 5.74) is 10.9. The van der Waals surface area contributed by atoms with Crippen LogP contribution >= 0.6 is 0 Å². The molecule has 0 amide bonds. The van der Waals surface area contributed by atoms with Gasteiger partial charge in [0, 0.05) is 79.7 Å². The van der Waals surface area contributed by atoms with Gasteiger partial charge in [0.25, 0.3) is 0 Å². The Morgan fingerprint density at radius 2 is 1.52 bits per heavy atom. The number of hydrogen-bond acceptors (Lipinski definition) is 5. The van der Waals surface area contributed by atoms with Crippen LogP contribution in [0.25, 0.3) is 33.2 Å². The average molecular weight is 559 g/mol. The number of fused-ring (bicyclic) bond motifs is 8. The molecule has 4 aromatic rings. The Balaban J connectivity index is 1.62.